The Morgan fingerprint density at radius 2 is 1.88 bits per heavy atom. The molecule has 0 saturated heterocycles. The summed E-state index contributed by atoms with van der Waals surface area (Å²) in [6, 6.07) is 0. The molecule has 0 bridgehead atoms. The third-order valence-electron chi connectivity index (χ3n) is 3.28. The number of carboxylic acids is 1. The molecule has 0 aromatic heterocycles. The minimum absolute atomic E-state index is 0.170. The first kappa shape index (κ1) is 14.0. The summed E-state index contributed by atoms with van der Waals surface area (Å²) in [6.07, 6.45) is 6.00. The molecule has 1 fully saturated rings. The van der Waals surface area contributed by atoms with E-state index in [0.29, 0.717) is 12.3 Å². The molecular formula is C12H21NO4. The highest BCUT2D eigenvalue weighted by Crippen LogP contribution is 2.27. The average Bonchev–Trinajstić information content (AvgIpc) is 2.34. The fraction of sp³-hybridized carbons (Fsp3) is 0.833. The maximum Gasteiger partial charge on any atom is 0.334 e. The normalized spacial score (nSPS) is 18.6. The van der Waals surface area contributed by atoms with Gasteiger partial charge in [0, 0.05) is 6.42 Å². The van der Waals surface area contributed by atoms with Gasteiger partial charge in [0.2, 0.25) is 5.91 Å². The van der Waals surface area contributed by atoms with Crippen LogP contribution in [0.4, 0.5) is 0 Å². The molecule has 0 radical (unpaired) electrons. The average molecular weight is 243 g/mol. The van der Waals surface area contributed by atoms with Crippen molar-refractivity contribution in [2.45, 2.75) is 51.0 Å². The van der Waals surface area contributed by atoms with Crippen LogP contribution in [0.2, 0.25) is 0 Å². The standard InChI is InChI=1S/C12H21NO4/c14-10(12(16)17)8-13-11(15)7-6-9-4-2-1-3-5-9/h9-10,14H,1-8H2,(H,13,15)(H,16,17). The van der Waals surface area contributed by atoms with Crippen LogP contribution in [0.25, 0.3) is 0 Å². The molecule has 0 spiro atoms. The van der Waals surface area contributed by atoms with Crippen LogP contribution in [-0.4, -0.2) is 34.7 Å². The lowest BCUT2D eigenvalue weighted by atomic mass is 9.86. The van der Waals surface area contributed by atoms with Crippen LogP contribution < -0.4 is 5.32 Å². The number of carboxylic acid groups (broad SMARTS) is 1. The molecule has 1 atom stereocenters. The predicted octanol–water partition coefficient (Wildman–Crippen LogP) is 0.909. The Labute approximate surface area is 101 Å². The lowest BCUT2D eigenvalue weighted by Crippen LogP contribution is -2.36. The molecule has 5 nitrogen and oxygen atoms in total. The van der Waals surface area contributed by atoms with Gasteiger partial charge in [-0.2, -0.15) is 0 Å². The van der Waals surface area contributed by atoms with Crippen LogP contribution in [0.3, 0.4) is 0 Å². The van der Waals surface area contributed by atoms with Gasteiger partial charge in [-0.15, -0.1) is 0 Å². The molecule has 5 heteroatoms. The van der Waals surface area contributed by atoms with E-state index in [1.54, 1.807) is 0 Å². The molecular weight excluding hydrogens is 222 g/mol. The van der Waals surface area contributed by atoms with Gasteiger partial charge in [0.25, 0.3) is 0 Å². The number of aliphatic carboxylic acids is 1. The van der Waals surface area contributed by atoms with Gasteiger partial charge in [-0.25, -0.2) is 4.79 Å². The van der Waals surface area contributed by atoms with Crippen LogP contribution in [0.5, 0.6) is 0 Å². The number of rotatable bonds is 6. The topological polar surface area (TPSA) is 86.6 Å². The first-order chi connectivity index (χ1) is 8.09. The van der Waals surface area contributed by atoms with Crippen molar-refractivity contribution in [3.63, 3.8) is 0 Å². The van der Waals surface area contributed by atoms with E-state index in [-0.39, 0.29) is 12.5 Å². The summed E-state index contributed by atoms with van der Waals surface area (Å²) in [5.41, 5.74) is 0. The number of nitrogens with one attached hydrogen (secondary N) is 1. The van der Waals surface area contributed by atoms with Gasteiger partial charge in [-0.1, -0.05) is 32.1 Å². The van der Waals surface area contributed by atoms with E-state index in [1.165, 1.54) is 32.1 Å². The summed E-state index contributed by atoms with van der Waals surface area (Å²) in [6.45, 7) is -0.209. The third-order valence-corrected chi connectivity index (χ3v) is 3.28. The molecule has 1 unspecified atom stereocenters. The summed E-state index contributed by atoms with van der Waals surface area (Å²) in [7, 11) is 0. The van der Waals surface area contributed by atoms with Gasteiger partial charge in [0.15, 0.2) is 6.10 Å². The Morgan fingerprint density at radius 1 is 1.24 bits per heavy atom. The number of hydrogen-bond donors (Lipinski definition) is 3. The molecule has 0 aromatic rings. The van der Waals surface area contributed by atoms with Crippen molar-refractivity contribution < 1.29 is 19.8 Å². The van der Waals surface area contributed by atoms with Crippen LogP contribution in [0.15, 0.2) is 0 Å². The Morgan fingerprint density at radius 3 is 2.47 bits per heavy atom. The summed E-state index contributed by atoms with van der Waals surface area (Å²) in [5.74, 6) is -0.840. The molecule has 1 aliphatic carbocycles. The predicted molar refractivity (Wildman–Crippen MR) is 62.5 cm³/mol. The Balaban J connectivity index is 2.10. The molecule has 17 heavy (non-hydrogen) atoms. The summed E-state index contributed by atoms with van der Waals surface area (Å²) in [5, 5.41) is 19.8. The zero-order valence-electron chi connectivity index (χ0n) is 10.0. The van der Waals surface area contributed by atoms with E-state index >= 15 is 0 Å². The van der Waals surface area contributed by atoms with E-state index in [9.17, 15) is 9.59 Å². The van der Waals surface area contributed by atoms with E-state index in [0.717, 1.165) is 6.42 Å². The Kier molecular flexibility index (Phi) is 5.97. The molecule has 1 saturated carbocycles. The Bertz CT molecular complexity index is 261. The molecule has 0 heterocycles. The minimum Gasteiger partial charge on any atom is -0.479 e. The van der Waals surface area contributed by atoms with Crippen molar-refractivity contribution in [2.75, 3.05) is 6.54 Å². The number of hydrogen-bond acceptors (Lipinski definition) is 3. The molecule has 0 aliphatic heterocycles. The SMILES string of the molecule is O=C(CCC1CCCCC1)NCC(O)C(=O)O. The maximum atomic E-state index is 11.4. The molecule has 3 N–H and O–H groups in total. The Hall–Kier alpha value is -1.10. The first-order valence-electron chi connectivity index (χ1n) is 6.27. The fourth-order valence-electron chi connectivity index (χ4n) is 2.20. The second-order valence-electron chi connectivity index (χ2n) is 4.70. The first-order valence-corrected chi connectivity index (χ1v) is 6.27. The van der Waals surface area contributed by atoms with E-state index in [4.69, 9.17) is 10.2 Å². The molecule has 1 rings (SSSR count). The quantitative estimate of drug-likeness (QED) is 0.647. The van der Waals surface area contributed by atoms with Gasteiger partial charge in [-0.05, 0) is 12.3 Å². The van der Waals surface area contributed by atoms with Crippen molar-refractivity contribution in [1.82, 2.24) is 5.32 Å². The van der Waals surface area contributed by atoms with Gasteiger partial charge in [-0.3, -0.25) is 4.79 Å². The van der Waals surface area contributed by atoms with Gasteiger partial charge in [0.1, 0.15) is 0 Å². The van der Waals surface area contributed by atoms with Gasteiger partial charge in [0.05, 0.1) is 6.54 Å². The smallest absolute Gasteiger partial charge is 0.334 e. The van der Waals surface area contributed by atoms with E-state index in [2.05, 4.69) is 5.32 Å². The molecule has 98 valence electrons. The van der Waals surface area contributed by atoms with Gasteiger partial charge >= 0.3 is 5.97 Å². The minimum atomic E-state index is -1.51. The lowest BCUT2D eigenvalue weighted by Gasteiger charge is -2.21. The van der Waals surface area contributed by atoms with Crippen molar-refractivity contribution in [3.8, 4) is 0 Å². The third kappa shape index (κ3) is 5.68. The monoisotopic (exact) mass is 243 g/mol. The number of aliphatic hydroxyl groups is 1. The molecule has 0 aromatic carbocycles. The summed E-state index contributed by atoms with van der Waals surface area (Å²) in [4.78, 5) is 21.7. The lowest BCUT2D eigenvalue weighted by molar-refractivity contribution is -0.146. The van der Waals surface area contributed by atoms with Gasteiger partial charge < -0.3 is 15.5 Å². The van der Waals surface area contributed by atoms with Crippen LogP contribution in [-0.2, 0) is 9.59 Å². The maximum absolute atomic E-state index is 11.4. The fourth-order valence-corrected chi connectivity index (χ4v) is 2.20. The van der Waals surface area contributed by atoms with Crippen molar-refractivity contribution in [3.05, 3.63) is 0 Å². The molecule has 1 amide bonds. The highest BCUT2D eigenvalue weighted by molar-refractivity contribution is 5.77. The van der Waals surface area contributed by atoms with Crippen molar-refractivity contribution >= 4 is 11.9 Å². The van der Waals surface area contributed by atoms with E-state index < -0.39 is 12.1 Å². The zero-order valence-corrected chi connectivity index (χ0v) is 10.0. The number of amides is 1. The van der Waals surface area contributed by atoms with E-state index in [1.807, 2.05) is 0 Å². The second kappa shape index (κ2) is 7.27. The van der Waals surface area contributed by atoms with Crippen LogP contribution in [0, 0.1) is 5.92 Å². The van der Waals surface area contributed by atoms with Crippen LogP contribution >= 0.6 is 0 Å². The highest BCUT2D eigenvalue weighted by atomic mass is 16.4. The number of carbonyl (C=O) groups excluding carboxylic acids is 1. The largest absolute Gasteiger partial charge is 0.479 e. The molecule has 1 aliphatic rings. The second-order valence-corrected chi connectivity index (χ2v) is 4.70. The zero-order chi connectivity index (χ0) is 12.7. The summed E-state index contributed by atoms with van der Waals surface area (Å²) < 4.78 is 0. The van der Waals surface area contributed by atoms with Crippen LogP contribution in [0.1, 0.15) is 44.9 Å². The number of aliphatic hydroxyl groups excluding tert-OH is 1. The van der Waals surface area contributed by atoms with Crippen molar-refractivity contribution in [1.29, 1.82) is 0 Å². The van der Waals surface area contributed by atoms with Crippen molar-refractivity contribution in [2.24, 2.45) is 5.92 Å². The highest BCUT2D eigenvalue weighted by Gasteiger charge is 2.16. The number of carbonyl (C=O) groups is 2. The summed E-state index contributed by atoms with van der Waals surface area (Å²) >= 11 is 0.